The lowest BCUT2D eigenvalue weighted by molar-refractivity contribution is 0.643. The van der Waals surface area contributed by atoms with E-state index in [9.17, 15) is 0 Å². The summed E-state index contributed by atoms with van der Waals surface area (Å²) in [6, 6.07) is 39.3. The van der Waals surface area contributed by atoms with Gasteiger partial charge in [-0.25, -0.2) is 4.98 Å². The smallest absolute Gasteiger partial charge is 0.307 e. The summed E-state index contributed by atoms with van der Waals surface area (Å²) >= 11 is 0. The Morgan fingerprint density at radius 1 is 0.513 bits per heavy atom. The number of hydrogen-bond acceptors (Lipinski definition) is 4. The van der Waals surface area contributed by atoms with Gasteiger partial charge in [0.05, 0.1) is 16.7 Å². The zero-order valence-corrected chi connectivity index (χ0v) is 20.6. The van der Waals surface area contributed by atoms with Crippen LogP contribution in [0.25, 0.3) is 83.2 Å². The molecule has 0 amide bonds. The molecule has 0 aliphatic rings. The van der Waals surface area contributed by atoms with Crippen molar-refractivity contribution in [1.82, 2.24) is 14.4 Å². The fraction of sp³-hybridized carbons (Fsp3) is 0. The summed E-state index contributed by atoms with van der Waals surface area (Å²) in [6.45, 7) is 0. The van der Waals surface area contributed by atoms with Gasteiger partial charge < -0.3 is 8.83 Å². The van der Waals surface area contributed by atoms with E-state index in [0.29, 0.717) is 5.84 Å². The molecule has 0 saturated carbocycles. The number of pyridine rings is 1. The van der Waals surface area contributed by atoms with Gasteiger partial charge in [0.25, 0.3) is 0 Å². The van der Waals surface area contributed by atoms with Crippen molar-refractivity contribution in [3.8, 4) is 22.4 Å². The number of fused-ring (bicyclic) bond motifs is 10. The topological polar surface area (TPSA) is 56.5 Å². The molecule has 0 radical (unpaired) electrons. The second-order valence-electron chi connectivity index (χ2n) is 9.86. The molecule has 0 aliphatic carbocycles. The SMILES string of the molecule is c1cc(-c2ccc3c(c2)oc2ccccc23)cc(-c2nc3ccccc3c3nc4oc5ccccc5n4c23)c1. The van der Waals surface area contributed by atoms with Crippen molar-refractivity contribution in [2.24, 2.45) is 0 Å². The Hall–Kier alpha value is -5.42. The van der Waals surface area contributed by atoms with Crippen LogP contribution in [0.2, 0.25) is 0 Å². The van der Waals surface area contributed by atoms with E-state index < -0.39 is 0 Å². The highest BCUT2D eigenvalue weighted by Crippen LogP contribution is 2.38. The minimum Gasteiger partial charge on any atom is -0.456 e. The predicted octanol–water partition coefficient (Wildman–Crippen LogP) is 9.02. The minimum atomic E-state index is 0.567. The molecule has 0 N–H and O–H groups in total. The van der Waals surface area contributed by atoms with Crippen molar-refractivity contribution in [2.45, 2.75) is 0 Å². The Morgan fingerprint density at radius 2 is 1.26 bits per heavy atom. The summed E-state index contributed by atoms with van der Waals surface area (Å²) in [5.41, 5.74) is 10.4. The first-order valence-electron chi connectivity index (χ1n) is 12.9. The van der Waals surface area contributed by atoms with Gasteiger partial charge >= 0.3 is 5.84 Å². The van der Waals surface area contributed by atoms with E-state index in [4.69, 9.17) is 18.8 Å². The zero-order valence-electron chi connectivity index (χ0n) is 20.6. The lowest BCUT2D eigenvalue weighted by Gasteiger charge is -2.09. The van der Waals surface area contributed by atoms with Crippen molar-refractivity contribution in [1.29, 1.82) is 0 Å². The summed E-state index contributed by atoms with van der Waals surface area (Å²) in [4.78, 5) is 10.1. The third-order valence-corrected chi connectivity index (χ3v) is 7.62. The van der Waals surface area contributed by atoms with Crippen LogP contribution in [0.3, 0.4) is 0 Å². The number of benzene rings is 5. The quantitative estimate of drug-likeness (QED) is 0.237. The van der Waals surface area contributed by atoms with E-state index in [0.717, 1.165) is 77.4 Å². The lowest BCUT2D eigenvalue weighted by atomic mass is 9.99. The molecule has 4 aromatic heterocycles. The third kappa shape index (κ3) is 2.90. The van der Waals surface area contributed by atoms with Crippen molar-refractivity contribution in [2.75, 3.05) is 0 Å². The molecule has 5 heteroatoms. The van der Waals surface area contributed by atoms with Crippen LogP contribution in [-0.2, 0) is 0 Å². The molecule has 0 bridgehead atoms. The molecule has 0 saturated heterocycles. The average Bonchev–Trinajstić information content (AvgIpc) is 3.66. The highest BCUT2D eigenvalue weighted by atomic mass is 16.4. The van der Waals surface area contributed by atoms with E-state index in [1.54, 1.807) is 0 Å². The van der Waals surface area contributed by atoms with Crippen LogP contribution in [0.1, 0.15) is 0 Å². The van der Waals surface area contributed by atoms with E-state index in [2.05, 4.69) is 65.1 Å². The van der Waals surface area contributed by atoms with Gasteiger partial charge in [0.1, 0.15) is 22.2 Å². The molecule has 5 nitrogen and oxygen atoms in total. The maximum Gasteiger partial charge on any atom is 0.307 e. The first kappa shape index (κ1) is 20.6. The fourth-order valence-electron chi connectivity index (χ4n) is 5.82. The highest BCUT2D eigenvalue weighted by molar-refractivity contribution is 6.10. The van der Waals surface area contributed by atoms with Crippen LogP contribution in [0.4, 0.5) is 0 Å². The fourth-order valence-corrected chi connectivity index (χ4v) is 5.82. The molecule has 9 rings (SSSR count). The number of rotatable bonds is 2. The maximum absolute atomic E-state index is 6.17. The lowest BCUT2D eigenvalue weighted by Crippen LogP contribution is -1.92. The average molecular weight is 502 g/mol. The van der Waals surface area contributed by atoms with Gasteiger partial charge in [-0.3, -0.25) is 4.40 Å². The first-order chi connectivity index (χ1) is 19.3. The minimum absolute atomic E-state index is 0.567. The van der Waals surface area contributed by atoms with E-state index in [1.165, 1.54) is 0 Å². The summed E-state index contributed by atoms with van der Waals surface area (Å²) in [5.74, 6) is 0.567. The Labute approximate surface area is 221 Å². The molecule has 5 aromatic carbocycles. The summed E-state index contributed by atoms with van der Waals surface area (Å²) in [7, 11) is 0. The first-order valence-corrected chi connectivity index (χ1v) is 12.9. The Morgan fingerprint density at radius 3 is 2.21 bits per heavy atom. The van der Waals surface area contributed by atoms with Crippen LogP contribution in [0.15, 0.2) is 124 Å². The molecule has 0 spiro atoms. The normalized spacial score (nSPS) is 12.1. The molecule has 0 atom stereocenters. The molecule has 0 fully saturated rings. The Kier molecular flexibility index (Phi) is 3.99. The Balaban J connectivity index is 1.31. The van der Waals surface area contributed by atoms with Crippen LogP contribution in [-0.4, -0.2) is 14.4 Å². The van der Waals surface area contributed by atoms with Gasteiger partial charge in [0.2, 0.25) is 0 Å². The molecule has 182 valence electrons. The van der Waals surface area contributed by atoms with E-state index in [1.807, 2.05) is 54.6 Å². The predicted molar refractivity (Wildman–Crippen MR) is 156 cm³/mol. The highest BCUT2D eigenvalue weighted by Gasteiger charge is 2.20. The number of nitrogens with zero attached hydrogens (tertiary/aromatic N) is 3. The number of hydrogen-bond donors (Lipinski definition) is 0. The van der Waals surface area contributed by atoms with E-state index in [-0.39, 0.29) is 0 Å². The maximum atomic E-state index is 6.17. The third-order valence-electron chi connectivity index (χ3n) is 7.62. The van der Waals surface area contributed by atoms with Crippen molar-refractivity contribution < 1.29 is 8.83 Å². The molecular weight excluding hydrogens is 482 g/mol. The van der Waals surface area contributed by atoms with Crippen LogP contribution in [0, 0.1) is 0 Å². The van der Waals surface area contributed by atoms with Gasteiger partial charge in [0, 0.05) is 21.7 Å². The van der Waals surface area contributed by atoms with Gasteiger partial charge in [0.15, 0.2) is 5.58 Å². The van der Waals surface area contributed by atoms with Crippen LogP contribution < -0.4 is 0 Å². The number of aromatic nitrogens is 3. The van der Waals surface area contributed by atoms with Crippen molar-refractivity contribution >= 4 is 60.8 Å². The number of oxazole rings is 1. The van der Waals surface area contributed by atoms with Crippen molar-refractivity contribution in [3.05, 3.63) is 115 Å². The van der Waals surface area contributed by atoms with Crippen LogP contribution >= 0.6 is 0 Å². The van der Waals surface area contributed by atoms with Crippen molar-refractivity contribution in [3.63, 3.8) is 0 Å². The van der Waals surface area contributed by atoms with Gasteiger partial charge in [-0.1, -0.05) is 72.8 Å². The zero-order chi connectivity index (χ0) is 25.5. The molecule has 39 heavy (non-hydrogen) atoms. The number of imidazole rings is 1. The summed E-state index contributed by atoms with van der Waals surface area (Å²) in [6.07, 6.45) is 0. The van der Waals surface area contributed by atoms with Gasteiger partial charge in [-0.2, -0.15) is 4.98 Å². The monoisotopic (exact) mass is 501 g/mol. The van der Waals surface area contributed by atoms with Gasteiger partial charge in [-0.15, -0.1) is 0 Å². The van der Waals surface area contributed by atoms with E-state index >= 15 is 0 Å². The van der Waals surface area contributed by atoms with Crippen LogP contribution in [0.5, 0.6) is 0 Å². The molecule has 9 aromatic rings. The second-order valence-corrected chi connectivity index (χ2v) is 9.86. The largest absolute Gasteiger partial charge is 0.456 e. The number of para-hydroxylation sites is 4. The molecule has 4 heterocycles. The van der Waals surface area contributed by atoms with Gasteiger partial charge in [-0.05, 0) is 53.6 Å². The summed E-state index contributed by atoms with van der Waals surface area (Å²) < 4.78 is 14.4. The second kappa shape index (κ2) is 7.55. The number of furan rings is 1. The molecular formula is C34H19N3O2. The molecule has 0 aliphatic heterocycles. The Bertz CT molecular complexity index is 2400. The molecule has 0 unspecified atom stereocenters. The standard InChI is InChI=1S/C34H19N3O2/c1-3-12-26-25(11-1)32-33(37-27-13-4-6-15-29(27)39-34(37)36-32)31(35-26)22-9-7-8-20(18-22)21-16-17-24-23-10-2-5-14-28(23)38-30(24)19-21/h1-19H. The summed E-state index contributed by atoms with van der Waals surface area (Å²) in [5, 5.41) is 3.26.